The van der Waals surface area contributed by atoms with E-state index in [0.29, 0.717) is 0 Å². The molecule has 0 fully saturated rings. The summed E-state index contributed by atoms with van der Waals surface area (Å²) in [5.74, 6) is 0. The fourth-order valence-electron chi connectivity index (χ4n) is 2.03. The van der Waals surface area contributed by atoms with Crippen LogP contribution in [0.3, 0.4) is 0 Å². The van der Waals surface area contributed by atoms with Crippen LogP contribution in [0, 0.1) is 5.41 Å². The normalized spacial score (nSPS) is 23.3. The zero-order valence-electron chi connectivity index (χ0n) is 10.5. The minimum absolute atomic E-state index is 0.283. The fraction of sp³-hybridized carbons (Fsp3) is 0.333. The van der Waals surface area contributed by atoms with Gasteiger partial charge in [-0.05, 0) is 48.6 Å². The van der Waals surface area contributed by atoms with Crippen LogP contribution in [0.15, 0.2) is 48.2 Å². The Kier molecular flexibility index (Phi) is 3.23. The third kappa shape index (κ3) is 2.90. The fourth-order valence-corrected chi connectivity index (χ4v) is 2.03. The highest BCUT2D eigenvalue weighted by Crippen LogP contribution is 2.34. The molecule has 1 aliphatic rings. The van der Waals surface area contributed by atoms with E-state index in [-0.39, 0.29) is 5.41 Å². The highest BCUT2D eigenvalue weighted by molar-refractivity contribution is 5.54. The molecule has 0 radical (unpaired) electrons. The first kappa shape index (κ1) is 11.8. The van der Waals surface area contributed by atoms with Crippen LogP contribution < -0.4 is 11.1 Å². The van der Waals surface area contributed by atoms with E-state index in [2.05, 4.69) is 37.4 Å². The van der Waals surface area contributed by atoms with Crippen LogP contribution in [-0.2, 0) is 0 Å². The van der Waals surface area contributed by atoms with Crippen LogP contribution in [-0.4, -0.2) is 0 Å². The van der Waals surface area contributed by atoms with Gasteiger partial charge >= 0.3 is 0 Å². The van der Waals surface area contributed by atoms with Gasteiger partial charge in [-0.2, -0.15) is 0 Å². The highest BCUT2D eigenvalue weighted by atomic mass is 14.9. The second-order valence-corrected chi connectivity index (χ2v) is 4.98. The SMILES string of the molecule is CCC1(C)C=CC=C(Nc2ccc(N)cc2)C1. The molecule has 1 atom stereocenters. The molecule has 1 aliphatic carbocycles. The predicted octanol–water partition coefficient (Wildman–Crippen LogP) is 3.94. The van der Waals surface area contributed by atoms with Crippen molar-refractivity contribution < 1.29 is 0 Å². The molecule has 0 saturated heterocycles. The number of hydrogen-bond donors (Lipinski definition) is 2. The molecule has 2 nitrogen and oxygen atoms in total. The molecule has 0 bridgehead atoms. The molecule has 0 spiro atoms. The van der Waals surface area contributed by atoms with Crippen molar-refractivity contribution in [2.75, 3.05) is 11.1 Å². The zero-order chi connectivity index (χ0) is 12.3. The van der Waals surface area contributed by atoms with Crippen molar-refractivity contribution in [1.82, 2.24) is 0 Å². The lowest BCUT2D eigenvalue weighted by Crippen LogP contribution is -2.18. The van der Waals surface area contributed by atoms with E-state index in [0.717, 1.165) is 24.2 Å². The molecule has 0 heterocycles. The van der Waals surface area contributed by atoms with E-state index < -0.39 is 0 Å². The molecule has 0 aliphatic heterocycles. The van der Waals surface area contributed by atoms with Gasteiger partial charge in [-0.15, -0.1) is 0 Å². The first-order valence-corrected chi connectivity index (χ1v) is 6.12. The third-order valence-electron chi connectivity index (χ3n) is 3.41. The van der Waals surface area contributed by atoms with Crippen molar-refractivity contribution in [2.45, 2.75) is 26.7 Å². The van der Waals surface area contributed by atoms with Crippen LogP contribution in [0.1, 0.15) is 26.7 Å². The average Bonchev–Trinajstić information content (AvgIpc) is 2.32. The van der Waals surface area contributed by atoms with Gasteiger partial charge in [0.2, 0.25) is 0 Å². The van der Waals surface area contributed by atoms with Crippen molar-refractivity contribution >= 4 is 11.4 Å². The molecule has 0 saturated carbocycles. The number of benzene rings is 1. The number of nitrogens with one attached hydrogen (secondary N) is 1. The van der Waals surface area contributed by atoms with Gasteiger partial charge in [0, 0.05) is 17.1 Å². The van der Waals surface area contributed by atoms with Gasteiger partial charge in [-0.3, -0.25) is 0 Å². The smallest absolute Gasteiger partial charge is 0.0383 e. The molecule has 1 aromatic rings. The summed E-state index contributed by atoms with van der Waals surface area (Å²) >= 11 is 0. The molecule has 17 heavy (non-hydrogen) atoms. The largest absolute Gasteiger partial charge is 0.399 e. The topological polar surface area (TPSA) is 38.0 Å². The summed E-state index contributed by atoms with van der Waals surface area (Å²) in [6.45, 7) is 4.53. The van der Waals surface area contributed by atoms with Crippen LogP contribution in [0.4, 0.5) is 11.4 Å². The van der Waals surface area contributed by atoms with Crippen molar-refractivity contribution in [3.05, 3.63) is 48.2 Å². The van der Waals surface area contributed by atoms with E-state index in [1.54, 1.807) is 0 Å². The number of hydrogen-bond acceptors (Lipinski definition) is 2. The van der Waals surface area contributed by atoms with Gasteiger partial charge in [-0.25, -0.2) is 0 Å². The second-order valence-electron chi connectivity index (χ2n) is 4.98. The molecule has 0 amide bonds. The Bertz CT molecular complexity index is 442. The maximum Gasteiger partial charge on any atom is 0.0383 e. The standard InChI is InChI=1S/C15H20N2/c1-3-15(2)10-4-5-14(11-15)17-13-8-6-12(16)7-9-13/h4-10,17H,3,11,16H2,1-2H3. The van der Waals surface area contributed by atoms with Crippen LogP contribution in [0.2, 0.25) is 0 Å². The first-order valence-electron chi connectivity index (χ1n) is 6.12. The summed E-state index contributed by atoms with van der Waals surface area (Å²) in [4.78, 5) is 0. The Labute approximate surface area is 103 Å². The number of nitrogen functional groups attached to an aromatic ring is 1. The van der Waals surface area contributed by atoms with Gasteiger partial charge < -0.3 is 11.1 Å². The third-order valence-corrected chi connectivity index (χ3v) is 3.41. The van der Waals surface area contributed by atoms with E-state index in [1.165, 1.54) is 5.70 Å². The van der Waals surface area contributed by atoms with Crippen LogP contribution in [0.5, 0.6) is 0 Å². The maximum atomic E-state index is 5.67. The molecular weight excluding hydrogens is 208 g/mol. The lowest BCUT2D eigenvalue weighted by Gasteiger charge is -2.29. The van der Waals surface area contributed by atoms with Crippen molar-refractivity contribution in [1.29, 1.82) is 0 Å². The number of rotatable bonds is 3. The highest BCUT2D eigenvalue weighted by Gasteiger charge is 2.22. The maximum absolute atomic E-state index is 5.67. The quantitative estimate of drug-likeness (QED) is 0.769. The average molecular weight is 228 g/mol. The number of nitrogens with two attached hydrogens (primary N) is 1. The van der Waals surface area contributed by atoms with Gasteiger partial charge in [0.15, 0.2) is 0 Å². The van der Waals surface area contributed by atoms with E-state index >= 15 is 0 Å². The van der Waals surface area contributed by atoms with Crippen molar-refractivity contribution in [2.24, 2.45) is 5.41 Å². The molecule has 2 heteroatoms. The summed E-state index contributed by atoms with van der Waals surface area (Å²) in [5, 5.41) is 3.45. The number of allylic oxidation sites excluding steroid dienone is 4. The molecule has 1 unspecified atom stereocenters. The number of anilines is 2. The summed E-state index contributed by atoms with van der Waals surface area (Å²) in [6, 6.07) is 7.86. The minimum Gasteiger partial charge on any atom is -0.399 e. The summed E-state index contributed by atoms with van der Waals surface area (Å²) in [6.07, 6.45) is 8.80. The Morgan fingerprint density at radius 1 is 1.29 bits per heavy atom. The molecule has 1 aromatic carbocycles. The molecule has 0 aromatic heterocycles. The van der Waals surface area contributed by atoms with E-state index in [9.17, 15) is 0 Å². The van der Waals surface area contributed by atoms with Gasteiger partial charge in [0.25, 0.3) is 0 Å². The van der Waals surface area contributed by atoms with Crippen molar-refractivity contribution in [3.8, 4) is 0 Å². The van der Waals surface area contributed by atoms with Gasteiger partial charge in [-0.1, -0.05) is 26.0 Å². The van der Waals surface area contributed by atoms with E-state index in [4.69, 9.17) is 5.73 Å². The Balaban J connectivity index is 2.07. The lowest BCUT2D eigenvalue weighted by molar-refractivity contribution is 0.404. The van der Waals surface area contributed by atoms with E-state index in [1.807, 2.05) is 24.3 Å². The summed E-state index contributed by atoms with van der Waals surface area (Å²) in [7, 11) is 0. The first-order chi connectivity index (χ1) is 8.11. The lowest BCUT2D eigenvalue weighted by atomic mass is 9.80. The van der Waals surface area contributed by atoms with Crippen LogP contribution in [0.25, 0.3) is 0 Å². The molecule has 2 rings (SSSR count). The Morgan fingerprint density at radius 2 is 2.00 bits per heavy atom. The zero-order valence-corrected chi connectivity index (χ0v) is 10.5. The minimum atomic E-state index is 0.283. The molecular formula is C15H20N2. The van der Waals surface area contributed by atoms with Gasteiger partial charge in [0.05, 0.1) is 0 Å². The molecule has 90 valence electrons. The van der Waals surface area contributed by atoms with Crippen LogP contribution >= 0.6 is 0 Å². The monoisotopic (exact) mass is 228 g/mol. The summed E-state index contributed by atoms with van der Waals surface area (Å²) in [5.41, 5.74) is 9.11. The summed E-state index contributed by atoms with van der Waals surface area (Å²) < 4.78 is 0. The Hall–Kier alpha value is -1.70. The van der Waals surface area contributed by atoms with Gasteiger partial charge in [0.1, 0.15) is 0 Å². The van der Waals surface area contributed by atoms with Crippen molar-refractivity contribution in [3.63, 3.8) is 0 Å². The second kappa shape index (κ2) is 4.66. The Morgan fingerprint density at radius 3 is 2.65 bits per heavy atom. The predicted molar refractivity (Wildman–Crippen MR) is 74.7 cm³/mol. The molecule has 3 N–H and O–H groups in total.